The molecule has 0 aromatic heterocycles. The fraction of sp³-hybridized carbons (Fsp3) is 0.318. The number of carbonyl (C=O) groups is 3. The predicted molar refractivity (Wildman–Crippen MR) is 121 cm³/mol. The number of ether oxygens (including phenoxy) is 1. The number of fused-ring (bicyclic) bond motifs is 1. The quantitative estimate of drug-likeness (QED) is 0.741. The zero-order chi connectivity index (χ0) is 21.8. The molecule has 0 saturated carbocycles. The molecule has 0 spiro atoms. The van der Waals surface area contributed by atoms with Crippen molar-refractivity contribution >= 4 is 46.5 Å². The highest BCUT2D eigenvalue weighted by molar-refractivity contribution is 8.00. The largest absolute Gasteiger partial charge is 0.378 e. The van der Waals surface area contributed by atoms with Gasteiger partial charge in [0.1, 0.15) is 0 Å². The number of nitrogens with one attached hydrogen (secondary N) is 2. The molecule has 1 fully saturated rings. The first-order valence-corrected chi connectivity index (χ1v) is 11.0. The van der Waals surface area contributed by atoms with Crippen LogP contribution in [-0.2, 0) is 14.3 Å². The van der Waals surface area contributed by atoms with Crippen LogP contribution in [0, 0.1) is 0 Å². The number of hydrogen-bond donors (Lipinski definition) is 2. The molecule has 3 amide bonds. The number of likely N-dealkylation sites (N-methyl/N-ethyl adjacent to an activating group) is 1. The van der Waals surface area contributed by atoms with E-state index in [1.54, 1.807) is 19.2 Å². The molecule has 2 N–H and O–H groups in total. The summed E-state index contributed by atoms with van der Waals surface area (Å²) in [5, 5.41) is 5.60. The Labute approximate surface area is 184 Å². The van der Waals surface area contributed by atoms with Crippen molar-refractivity contribution in [3.05, 3.63) is 48.0 Å². The van der Waals surface area contributed by atoms with Crippen molar-refractivity contribution in [3.8, 4) is 0 Å². The average molecular weight is 441 g/mol. The molecule has 4 rings (SSSR count). The molecule has 2 aromatic rings. The van der Waals surface area contributed by atoms with E-state index in [9.17, 15) is 14.4 Å². The van der Waals surface area contributed by atoms with E-state index in [4.69, 9.17) is 4.74 Å². The summed E-state index contributed by atoms with van der Waals surface area (Å²) in [6, 6.07) is 12.8. The summed E-state index contributed by atoms with van der Waals surface area (Å²) < 4.78 is 5.37. The molecular weight excluding hydrogens is 416 g/mol. The van der Waals surface area contributed by atoms with Gasteiger partial charge < -0.3 is 25.2 Å². The van der Waals surface area contributed by atoms with Crippen LogP contribution in [0.25, 0.3) is 0 Å². The van der Waals surface area contributed by atoms with Gasteiger partial charge in [-0.15, -0.1) is 11.8 Å². The minimum absolute atomic E-state index is 0.0811. The third-order valence-electron chi connectivity index (χ3n) is 5.11. The molecule has 2 aromatic carbocycles. The Morgan fingerprint density at radius 1 is 1.16 bits per heavy atom. The Bertz CT molecular complexity index is 990. The van der Waals surface area contributed by atoms with Crippen LogP contribution in [0.3, 0.4) is 0 Å². The van der Waals surface area contributed by atoms with Gasteiger partial charge in [-0.05, 0) is 42.5 Å². The van der Waals surface area contributed by atoms with Crippen LogP contribution in [0.1, 0.15) is 10.4 Å². The highest BCUT2D eigenvalue weighted by Gasteiger charge is 2.20. The van der Waals surface area contributed by atoms with Crippen LogP contribution in [0.4, 0.5) is 17.1 Å². The summed E-state index contributed by atoms with van der Waals surface area (Å²) in [6.07, 6.45) is 0. The summed E-state index contributed by atoms with van der Waals surface area (Å²) in [6.45, 7) is 3.05. The number of nitrogens with zero attached hydrogens (tertiary/aromatic N) is 2. The van der Waals surface area contributed by atoms with Crippen molar-refractivity contribution in [2.75, 3.05) is 61.2 Å². The lowest BCUT2D eigenvalue weighted by Crippen LogP contribution is -2.36. The van der Waals surface area contributed by atoms with Crippen molar-refractivity contribution in [1.29, 1.82) is 0 Å². The van der Waals surface area contributed by atoms with Crippen molar-refractivity contribution < 1.29 is 19.1 Å². The number of hydrogen-bond acceptors (Lipinski definition) is 6. The van der Waals surface area contributed by atoms with E-state index in [0.717, 1.165) is 23.7 Å². The lowest BCUT2D eigenvalue weighted by Gasteiger charge is -2.28. The van der Waals surface area contributed by atoms with Gasteiger partial charge in [-0.25, -0.2) is 0 Å². The Kier molecular flexibility index (Phi) is 6.43. The van der Waals surface area contributed by atoms with E-state index < -0.39 is 0 Å². The zero-order valence-corrected chi connectivity index (χ0v) is 18.0. The zero-order valence-electron chi connectivity index (χ0n) is 17.2. The number of carbonyl (C=O) groups excluding carboxylic acids is 3. The highest BCUT2D eigenvalue weighted by atomic mass is 32.2. The molecule has 162 valence electrons. The van der Waals surface area contributed by atoms with Crippen molar-refractivity contribution in [3.63, 3.8) is 0 Å². The lowest BCUT2D eigenvalue weighted by molar-refractivity contribution is -0.116. The number of anilines is 3. The molecule has 2 heterocycles. The number of benzene rings is 2. The van der Waals surface area contributed by atoms with Gasteiger partial charge in [0, 0.05) is 42.0 Å². The van der Waals surface area contributed by atoms with Gasteiger partial charge in [0.25, 0.3) is 5.91 Å². The van der Waals surface area contributed by atoms with Crippen LogP contribution < -0.4 is 15.5 Å². The van der Waals surface area contributed by atoms with E-state index in [-0.39, 0.29) is 24.3 Å². The Hall–Kier alpha value is -3.04. The topological polar surface area (TPSA) is 91.0 Å². The van der Waals surface area contributed by atoms with Gasteiger partial charge >= 0.3 is 0 Å². The molecule has 31 heavy (non-hydrogen) atoms. The fourth-order valence-electron chi connectivity index (χ4n) is 3.50. The lowest BCUT2D eigenvalue weighted by atomic mass is 10.1. The standard InChI is InChI=1S/C22H24N4O4S/c1-25(22(29)15-2-7-19-18(12-15)24-21(28)14-31-19)13-20(27)23-16-3-5-17(6-4-16)26-8-10-30-11-9-26/h2-7,12H,8-11,13-14H2,1H3,(H,23,27)(H,24,28). The minimum atomic E-state index is -0.287. The molecule has 0 unspecified atom stereocenters. The molecule has 2 aliphatic heterocycles. The summed E-state index contributed by atoms with van der Waals surface area (Å²) in [4.78, 5) is 41.3. The van der Waals surface area contributed by atoms with E-state index in [0.29, 0.717) is 35.9 Å². The van der Waals surface area contributed by atoms with Crippen molar-refractivity contribution in [2.24, 2.45) is 0 Å². The highest BCUT2D eigenvalue weighted by Crippen LogP contribution is 2.32. The first-order valence-electron chi connectivity index (χ1n) is 10.0. The summed E-state index contributed by atoms with van der Waals surface area (Å²) in [5.74, 6) is -0.287. The van der Waals surface area contributed by atoms with Gasteiger partial charge in [-0.3, -0.25) is 14.4 Å². The van der Waals surface area contributed by atoms with Gasteiger partial charge in [0.05, 0.1) is 31.2 Å². The average Bonchev–Trinajstić information content (AvgIpc) is 2.79. The van der Waals surface area contributed by atoms with Gasteiger partial charge in [-0.2, -0.15) is 0 Å². The molecule has 0 aliphatic carbocycles. The van der Waals surface area contributed by atoms with E-state index in [2.05, 4.69) is 15.5 Å². The molecule has 2 aliphatic rings. The van der Waals surface area contributed by atoms with Gasteiger partial charge in [0.2, 0.25) is 11.8 Å². The summed E-state index contributed by atoms with van der Waals surface area (Å²) in [5.41, 5.74) is 2.82. The maximum Gasteiger partial charge on any atom is 0.254 e. The van der Waals surface area contributed by atoms with Gasteiger partial charge in [0.15, 0.2) is 0 Å². The van der Waals surface area contributed by atoms with E-state index in [1.807, 2.05) is 30.3 Å². The fourth-order valence-corrected chi connectivity index (χ4v) is 4.29. The summed E-state index contributed by atoms with van der Waals surface area (Å²) in [7, 11) is 1.58. The third kappa shape index (κ3) is 5.18. The molecule has 1 saturated heterocycles. The first kappa shape index (κ1) is 21.2. The SMILES string of the molecule is CN(CC(=O)Nc1ccc(N2CCOCC2)cc1)C(=O)c1ccc2c(c1)NC(=O)CS2. The van der Waals surface area contributed by atoms with Crippen LogP contribution in [0.15, 0.2) is 47.4 Å². The van der Waals surface area contributed by atoms with Crippen molar-refractivity contribution in [1.82, 2.24) is 4.90 Å². The maximum atomic E-state index is 12.7. The van der Waals surface area contributed by atoms with Crippen LogP contribution in [-0.4, -0.2) is 68.3 Å². The predicted octanol–water partition coefficient (Wildman–Crippen LogP) is 2.28. The van der Waals surface area contributed by atoms with Crippen molar-refractivity contribution in [2.45, 2.75) is 4.90 Å². The first-order chi connectivity index (χ1) is 15.0. The Morgan fingerprint density at radius 2 is 1.90 bits per heavy atom. The Morgan fingerprint density at radius 3 is 2.65 bits per heavy atom. The maximum absolute atomic E-state index is 12.7. The normalized spacial score (nSPS) is 15.6. The van der Waals surface area contributed by atoms with E-state index >= 15 is 0 Å². The molecule has 0 atom stereocenters. The van der Waals surface area contributed by atoms with Gasteiger partial charge in [-0.1, -0.05) is 0 Å². The smallest absolute Gasteiger partial charge is 0.254 e. The van der Waals surface area contributed by atoms with Crippen LogP contribution in [0.5, 0.6) is 0 Å². The number of rotatable bonds is 5. The minimum Gasteiger partial charge on any atom is -0.378 e. The number of thioether (sulfide) groups is 1. The number of morpholine rings is 1. The third-order valence-corrected chi connectivity index (χ3v) is 6.19. The monoisotopic (exact) mass is 440 g/mol. The Balaban J connectivity index is 1.33. The second-order valence-electron chi connectivity index (χ2n) is 7.40. The van der Waals surface area contributed by atoms with Crippen LogP contribution >= 0.6 is 11.8 Å². The second-order valence-corrected chi connectivity index (χ2v) is 8.42. The molecule has 0 radical (unpaired) electrons. The number of amides is 3. The molecule has 9 heteroatoms. The molecular formula is C22H24N4O4S. The summed E-state index contributed by atoms with van der Waals surface area (Å²) >= 11 is 1.44. The second kappa shape index (κ2) is 9.40. The van der Waals surface area contributed by atoms with E-state index in [1.165, 1.54) is 16.7 Å². The van der Waals surface area contributed by atoms with Crippen LogP contribution in [0.2, 0.25) is 0 Å². The molecule has 8 nitrogen and oxygen atoms in total. The molecule has 0 bridgehead atoms.